The Bertz CT molecular complexity index is 2130. The van der Waals surface area contributed by atoms with E-state index in [1.807, 2.05) is 0 Å². The third-order valence-corrected chi connectivity index (χ3v) is 19.1. The van der Waals surface area contributed by atoms with Crippen molar-refractivity contribution in [3.8, 4) is 34.5 Å². The van der Waals surface area contributed by atoms with Crippen LogP contribution in [0.1, 0.15) is 72.8 Å². The van der Waals surface area contributed by atoms with E-state index in [2.05, 4.69) is 78.1 Å². The van der Waals surface area contributed by atoms with Gasteiger partial charge in [-0.05, 0) is 66.0 Å². The number of alkyl halides is 1. The quantitative estimate of drug-likeness (QED) is 0.139. The first-order chi connectivity index (χ1) is 25.3. The summed E-state index contributed by atoms with van der Waals surface area (Å²) in [6.07, 6.45) is 3.78. The van der Waals surface area contributed by atoms with Gasteiger partial charge in [0, 0.05) is 55.3 Å². The lowest BCUT2D eigenvalue weighted by Gasteiger charge is -2.38. The molecule has 0 saturated carbocycles. The van der Waals surface area contributed by atoms with Crippen LogP contribution in [0.3, 0.4) is 0 Å². The average Bonchev–Trinajstić information content (AvgIpc) is 3.89. The van der Waals surface area contributed by atoms with E-state index in [0.29, 0.717) is 64.2 Å². The molecule has 2 bridgehead atoms. The Balaban J connectivity index is 1.29. The number of aromatic nitrogens is 3. The zero-order chi connectivity index (χ0) is 37.4. The maximum Gasteiger partial charge on any atom is 0.319 e. The molecule has 2 N–H and O–H groups in total. The normalized spacial score (nSPS) is 24.3. The van der Waals surface area contributed by atoms with Crippen molar-refractivity contribution in [1.82, 2.24) is 25.2 Å². The predicted molar refractivity (Wildman–Crippen MR) is 206 cm³/mol. The van der Waals surface area contributed by atoms with Crippen LogP contribution in [0.5, 0.6) is 11.8 Å². The van der Waals surface area contributed by atoms with Gasteiger partial charge in [0.1, 0.15) is 49.4 Å². The zero-order valence-electron chi connectivity index (χ0n) is 31.4. The molecule has 4 aliphatic rings. The van der Waals surface area contributed by atoms with Crippen molar-refractivity contribution in [2.45, 2.75) is 108 Å². The maximum absolute atomic E-state index is 17.3. The Kier molecular flexibility index (Phi) is 9.14. The van der Waals surface area contributed by atoms with Crippen molar-refractivity contribution >= 4 is 35.6 Å². The van der Waals surface area contributed by atoms with E-state index >= 15 is 8.78 Å². The molecule has 53 heavy (non-hydrogen) atoms. The monoisotopic (exact) mass is 742 g/mol. The van der Waals surface area contributed by atoms with Crippen LogP contribution in [0, 0.1) is 23.1 Å². The smallest absolute Gasteiger partial charge is 0.319 e. The number of nitrogens with one attached hydrogen (secondary N) is 1. The highest BCUT2D eigenvalue weighted by Crippen LogP contribution is 2.44. The van der Waals surface area contributed by atoms with Gasteiger partial charge in [-0.25, -0.2) is 13.2 Å². The topological polar surface area (TPSA) is 86.6 Å². The van der Waals surface area contributed by atoms with E-state index in [9.17, 15) is 9.50 Å². The van der Waals surface area contributed by atoms with Gasteiger partial charge in [-0.1, -0.05) is 53.5 Å². The van der Waals surface area contributed by atoms with Crippen molar-refractivity contribution < 1.29 is 23.0 Å². The molecule has 0 amide bonds. The van der Waals surface area contributed by atoms with Crippen LogP contribution in [-0.4, -0.2) is 89.6 Å². The second-order valence-electron chi connectivity index (χ2n) is 16.7. The van der Waals surface area contributed by atoms with Gasteiger partial charge in [0.05, 0.1) is 16.5 Å². The first-order valence-corrected chi connectivity index (χ1v) is 21.4. The standard InChI is InChI=1S/C41H49F3N6O2Si/c1-23(2)53(24(3)4,25(5)6)13-10-31-34(43)9-8-26-14-30(51)16-32(35(26)31)37-36(44)38-33(19-46-37)39(50-21-28-15-29(50)18-45-28)48-40(47-38)52-22-41-11-7-12-49(41)20-27(42)17-41/h8-9,14,16,19,23-25,27-29,45,51H,7,11-12,15,17-18,20-22H2,1-6H3/t27-,28+,29+,41+/m1/s1. The van der Waals surface area contributed by atoms with E-state index in [1.54, 1.807) is 18.3 Å². The van der Waals surface area contributed by atoms with Crippen molar-refractivity contribution in [1.29, 1.82) is 0 Å². The Hall–Kier alpha value is -3.92. The van der Waals surface area contributed by atoms with Gasteiger partial charge in [-0.15, -0.1) is 5.54 Å². The minimum absolute atomic E-state index is 0.0210. The number of nitrogens with zero attached hydrogens (tertiary/aromatic N) is 5. The Labute approximate surface area is 310 Å². The molecule has 0 aliphatic carbocycles. The molecule has 2 aromatic heterocycles. The fourth-order valence-electron chi connectivity index (χ4n) is 10.3. The number of fused-ring (bicyclic) bond motifs is 5. The number of ether oxygens (including phenoxy) is 1. The van der Waals surface area contributed by atoms with Gasteiger partial charge in [-0.3, -0.25) is 9.88 Å². The number of aromatic hydroxyl groups is 1. The first-order valence-electron chi connectivity index (χ1n) is 19.2. The van der Waals surface area contributed by atoms with Gasteiger partial charge in [-0.2, -0.15) is 9.97 Å². The summed E-state index contributed by atoms with van der Waals surface area (Å²) >= 11 is 0. The maximum atomic E-state index is 17.3. The van der Waals surface area contributed by atoms with Crippen molar-refractivity contribution in [3.05, 3.63) is 47.7 Å². The Morgan fingerprint density at radius 3 is 2.55 bits per heavy atom. The highest BCUT2D eigenvalue weighted by Gasteiger charge is 2.49. The summed E-state index contributed by atoms with van der Waals surface area (Å²) in [4.78, 5) is 18.5. The number of hydrogen-bond donors (Lipinski definition) is 2. The van der Waals surface area contributed by atoms with E-state index < -0.39 is 31.4 Å². The summed E-state index contributed by atoms with van der Waals surface area (Å²) < 4.78 is 54.2. The summed E-state index contributed by atoms with van der Waals surface area (Å²) in [5.41, 5.74) is 4.50. The summed E-state index contributed by atoms with van der Waals surface area (Å²) in [5.74, 6) is 2.47. The number of benzene rings is 2. The van der Waals surface area contributed by atoms with Crippen LogP contribution in [0.2, 0.25) is 16.6 Å². The minimum Gasteiger partial charge on any atom is -0.508 e. The Morgan fingerprint density at radius 2 is 1.85 bits per heavy atom. The highest BCUT2D eigenvalue weighted by atomic mass is 28.3. The second kappa shape index (κ2) is 13.4. The van der Waals surface area contributed by atoms with Crippen molar-refractivity contribution in [2.75, 3.05) is 37.7 Å². The molecule has 4 aliphatic heterocycles. The van der Waals surface area contributed by atoms with Crippen LogP contribution >= 0.6 is 0 Å². The molecule has 280 valence electrons. The first kappa shape index (κ1) is 36.1. The number of phenolic OH excluding ortho intramolecular Hbond substituents is 1. The molecule has 0 spiro atoms. The SMILES string of the molecule is CC(C)[Si](C#Cc1c(F)ccc2cc(O)cc(-c3ncc4c(N5C[C@@H]6C[C@H]5CN6)nc(OC[C@@]56CCCN5C[C@H](F)C6)nc4c3F)c12)(C(C)C)C(C)C. The molecule has 4 fully saturated rings. The highest BCUT2D eigenvalue weighted by molar-refractivity contribution is 6.90. The predicted octanol–water partition coefficient (Wildman–Crippen LogP) is 7.90. The van der Waals surface area contributed by atoms with Gasteiger partial charge in [0.2, 0.25) is 0 Å². The molecule has 8 nitrogen and oxygen atoms in total. The number of hydrogen-bond acceptors (Lipinski definition) is 8. The number of piperazine rings is 1. The number of pyridine rings is 1. The molecule has 2 aromatic carbocycles. The fourth-order valence-corrected chi connectivity index (χ4v) is 15.5. The largest absolute Gasteiger partial charge is 0.508 e. The number of phenols is 1. The lowest BCUT2D eigenvalue weighted by atomic mass is 9.95. The van der Waals surface area contributed by atoms with Crippen LogP contribution < -0.4 is 15.0 Å². The third-order valence-electron chi connectivity index (χ3n) is 12.8. The molecule has 12 heteroatoms. The zero-order valence-corrected chi connectivity index (χ0v) is 32.4. The molecule has 4 saturated heterocycles. The molecule has 4 atom stereocenters. The fraction of sp³-hybridized carbons (Fsp3) is 0.537. The van der Waals surface area contributed by atoms with Crippen LogP contribution in [0.25, 0.3) is 32.9 Å². The molecular weight excluding hydrogens is 694 g/mol. The number of anilines is 1. The summed E-state index contributed by atoms with van der Waals surface area (Å²) in [7, 11) is -2.27. The van der Waals surface area contributed by atoms with Gasteiger partial charge >= 0.3 is 6.01 Å². The van der Waals surface area contributed by atoms with E-state index in [4.69, 9.17) is 9.72 Å². The number of rotatable bonds is 8. The number of halogens is 3. The molecule has 0 radical (unpaired) electrons. The van der Waals surface area contributed by atoms with Gasteiger partial charge < -0.3 is 20.1 Å². The molecule has 0 unspecified atom stereocenters. The molecule has 4 aromatic rings. The summed E-state index contributed by atoms with van der Waals surface area (Å²) in [6, 6.07) is 6.40. The molecule has 6 heterocycles. The molecule has 8 rings (SSSR count). The van der Waals surface area contributed by atoms with Crippen LogP contribution in [0.15, 0.2) is 30.5 Å². The van der Waals surface area contributed by atoms with Crippen LogP contribution in [0.4, 0.5) is 19.0 Å². The average molecular weight is 743 g/mol. The van der Waals surface area contributed by atoms with Gasteiger partial charge in [0.15, 0.2) is 5.82 Å². The third kappa shape index (κ3) is 5.94. The molecular formula is C41H49F3N6O2Si. The van der Waals surface area contributed by atoms with Gasteiger partial charge in [0.25, 0.3) is 0 Å². The van der Waals surface area contributed by atoms with E-state index in [0.717, 1.165) is 32.4 Å². The lowest BCUT2D eigenvalue weighted by molar-refractivity contribution is 0.107. The van der Waals surface area contributed by atoms with E-state index in [1.165, 1.54) is 12.1 Å². The Morgan fingerprint density at radius 1 is 1.08 bits per heavy atom. The lowest BCUT2D eigenvalue weighted by Crippen LogP contribution is -2.44. The summed E-state index contributed by atoms with van der Waals surface area (Å²) in [5, 5.41) is 15.8. The van der Waals surface area contributed by atoms with E-state index in [-0.39, 0.29) is 46.7 Å². The minimum atomic E-state index is -2.27. The summed E-state index contributed by atoms with van der Waals surface area (Å²) in [6.45, 7) is 16.1. The van der Waals surface area contributed by atoms with Crippen molar-refractivity contribution in [2.24, 2.45) is 0 Å². The van der Waals surface area contributed by atoms with Crippen LogP contribution in [-0.2, 0) is 0 Å². The second-order valence-corrected chi connectivity index (χ2v) is 22.3. The van der Waals surface area contributed by atoms with Crippen molar-refractivity contribution in [3.63, 3.8) is 0 Å².